The zero-order valence-electron chi connectivity index (χ0n) is 9.63. The lowest BCUT2D eigenvalue weighted by atomic mass is 10.3. The smallest absolute Gasteiger partial charge is 0.0164 e. The average Bonchev–Trinajstić information content (AvgIpc) is 2.21. The predicted octanol–water partition coefficient (Wildman–Crippen LogP) is 2.05. The third-order valence-electron chi connectivity index (χ3n) is 1.98. The first kappa shape index (κ1) is 13.4. The van der Waals surface area contributed by atoms with E-state index in [1.54, 1.807) is 6.08 Å². The Balaban J connectivity index is 0.000000500. The monoisotopic (exact) mass is 196 g/mol. The summed E-state index contributed by atoms with van der Waals surface area (Å²) in [5, 5.41) is 3.34. The molecule has 1 N–H and O–H groups in total. The second kappa shape index (κ2) is 10.5. The van der Waals surface area contributed by atoms with Gasteiger partial charge < -0.3 is 5.32 Å². The quantitative estimate of drug-likeness (QED) is 0.695. The summed E-state index contributed by atoms with van der Waals surface area (Å²) in [5.74, 6) is 0. The molecule has 1 rings (SSSR count). The van der Waals surface area contributed by atoms with Crippen molar-refractivity contribution in [3.63, 3.8) is 0 Å². The fraction of sp³-hybridized carbons (Fsp3) is 0.667. The minimum absolute atomic E-state index is 1.13. The van der Waals surface area contributed by atoms with Crippen molar-refractivity contribution in [2.45, 2.75) is 20.3 Å². The van der Waals surface area contributed by atoms with Crippen LogP contribution in [0.2, 0.25) is 0 Å². The van der Waals surface area contributed by atoms with E-state index in [-0.39, 0.29) is 0 Å². The number of hydrogen-bond donors (Lipinski definition) is 1. The minimum Gasteiger partial charge on any atom is -0.314 e. The summed E-state index contributed by atoms with van der Waals surface area (Å²) in [6.07, 6.45) is 7.42. The van der Waals surface area contributed by atoms with Gasteiger partial charge in [0.2, 0.25) is 0 Å². The van der Waals surface area contributed by atoms with Gasteiger partial charge in [0.05, 0.1) is 0 Å². The van der Waals surface area contributed by atoms with Gasteiger partial charge in [-0.3, -0.25) is 4.90 Å². The molecule has 1 fully saturated rings. The second-order valence-corrected chi connectivity index (χ2v) is 3.34. The number of piperazine rings is 1. The second-order valence-electron chi connectivity index (χ2n) is 3.34. The van der Waals surface area contributed by atoms with E-state index in [1.807, 2.05) is 6.92 Å². The Kier molecular flexibility index (Phi) is 10.0. The molecule has 2 heteroatoms. The molecule has 82 valence electrons. The predicted molar refractivity (Wildman–Crippen MR) is 64.6 cm³/mol. The highest BCUT2D eigenvalue weighted by Crippen LogP contribution is 1.92. The van der Waals surface area contributed by atoms with E-state index < -0.39 is 0 Å². The van der Waals surface area contributed by atoms with Gasteiger partial charge in [-0.05, 0) is 13.3 Å². The molecular weight excluding hydrogens is 172 g/mol. The minimum atomic E-state index is 1.13. The Hall–Kier alpha value is -0.600. The molecule has 0 unspecified atom stereocenters. The average molecular weight is 196 g/mol. The number of nitrogens with zero attached hydrogens (tertiary/aromatic N) is 1. The fourth-order valence-electron chi connectivity index (χ4n) is 1.28. The topological polar surface area (TPSA) is 15.3 Å². The number of rotatable bonds is 3. The molecule has 1 heterocycles. The molecule has 1 saturated heterocycles. The summed E-state index contributed by atoms with van der Waals surface area (Å²) in [4.78, 5) is 2.47. The normalized spacial score (nSPS) is 17.6. The van der Waals surface area contributed by atoms with Crippen LogP contribution in [0.25, 0.3) is 0 Å². The van der Waals surface area contributed by atoms with Crippen molar-refractivity contribution in [1.82, 2.24) is 10.2 Å². The molecule has 0 aliphatic carbocycles. The van der Waals surface area contributed by atoms with E-state index >= 15 is 0 Å². The largest absolute Gasteiger partial charge is 0.314 e. The van der Waals surface area contributed by atoms with Gasteiger partial charge >= 0.3 is 0 Å². The van der Waals surface area contributed by atoms with Gasteiger partial charge in [0.15, 0.2) is 0 Å². The Morgan fingerprint density at radius 1 is 1.29 bits per heavy atom. The highest BCUT2D eigenvalue weighted by atomic mass is 15.2. The van der Waals surface area contributed by atoms with Crippen LogP contribution in [-0.2, 0) is 0 Å². The summed E-state index contributed by atoms with van der Waals surface area (Å²) < 4.78 is 0. The van der Waals surface area contributed by atoms with Crippen LogP contribution in [0.15, 0.2) is 24.8 Å². The van der Waals surface area contributed by atoms with Gasteiger partial charge in [-0.25, -0.2) is 0 Å². The molecule has 0 aromatic heterocycles. The van der Waals surface area contributed by atoms with Crippen molar-refractivity contribution in [2.75, 3.05) is 32.7 Å². The van der Waals surface area contributed by atoms with Crippen LogP contribution in [0.3, 0.4) is 0 Å². The molecule has 0 aromatic rings. The van der Waals surface area contributed by atoms with Crippen molar-refractivity contribution < 1.29 is 0 Å². The van der Waals surface area contributed by atoms with Gasteiger partial charge in [-0.1, -0.05) is 25.2 Å². The van der Waals surface area contributed by atoms with Gasteiger partial charge in [0.1, 0.15) is 0 Å². The van der Waals surface area contributed by atoms with Crippen LogP contribution in [0.5, 0.6) is 0 Å². The lowest BCUT2D eigenvalue weighted by molar-refractivity contribution is 0.264. The zero-order valence-corrected chi connectivity index (χ0v) is 9.63. The molecule has 2 nitrogen and oxygen atoms in total. The Labute approximate surface area is 88.7 Å². The fourth-order valence-corrected chi connectivity index (χ4v) is 1.28. The van der Waals surface area contributed by atoms with E-state index in [9.17, 15) is 0 Å². The van der Waals surface area contributed by atoms with E-state index in [2.05, 4.69) is 35.9 Å². The van der Waals surface area contributed by atoms with E-state index in [1.165, 1.54) is 13.1 Å². The zero-order chi connectivity index (χ0) is 10.6. The van der Waals surface area contributed by atoms with E-state index in [0.717, 1.165) is 26.1 Å². The molecular formula is C12H24N2. The Morgan fingerprint density at radius 2 is 1.86 bits per heavy atom. The summed E-state index contributed by atoms with van der Waals surface area (Å²) in [5.41, 5.74) is 0. The molecule has 0 aromatic carbocycles. The van der Waals surface area contributed by atoms with Gasteiger partial charge in [-0.15, -0.1) is 6.58 Å². The number of nitrogens with one attached hydrogen (secondary N) is 1. The van der Waals surface area contributed by atoms with Crippen molar-refractivity contribution >= 4 is 0 Å². The molecule has 0 amide bonds. The van der Waals surface area contributed by atoms with Crippen molar-refractivity contribution in [3.05, 3.63) is 24.8 Å². The maximum atomic E-state index is 3.36. The SMILES string of the molecule is C=CC.CC/C=C/CN1CCNCC1. The Morgan fingerprint density at radius 3 is 2.36 bits per heavy atom. The van der Waals surface area contributed by atoms with Crippen LogP contribution in [0.4, 0.5) is 0 Å². The van der Waals surface area contributed by atoms with Gasteiger partial charge in [0.25, 0.3) is 0 Å². The standard InChI is InChI=1S/C9H18N2.C3H6/c1-2-3-4-7-11-8-5-10-6-9-11;1-3-2/h3-4,10H,2,5-9H2,1H3;3H,1H2,2H3/b4-3+;. The summed E-state index contributed by atoms with van der Waals surface area (Å²) in [6.45, 7) is 13.3. The number of hydrogen-bond acceptors (Lipinski definition) is 2. The first-order chi connectivity index (χ1) is 6.85. The van der Waals surface area contributed by atoms with E-state index in [0.29, 0.717) is 0 Å². The van der Waals surface area contributed by atoms with Gasteiger partial charge in [0, 0.05) is 32.7 Å². The summed E-state index contributed by atoms with van der Waals surface area (Å²) >= 11 is 0. The van der Waals surface area contributed by atoms with Crippen LogP contribution >= 0.6 is 0 Å². The molecule has 0 atom stereocenters. The highest BCUT2D eigenvalue weighted by Gasteiger charge is 2.05. The first-order valence-corrected chi connectivity index (χ1v) is 5.50. The molecule has 1 aliphatic rings. The van der Waals surface area contributed by atoms with Gasteiger partial charge in [-0.2, -0.15) is 0 Å². The molecule has 0 saturated carbocycles. The molecule has 0 spiro atoms. The maximum Gasteiger partial charge on any atom is 0.0164 e. The van der Waals surface area contributed by atoms with Crippen LogP contribution in [0.1, 0.15) is 20.3 Å². The summed E-state index contributed by atoms with van der Waals surface area (Å²) in [6, 6.07) is 0. The number of allylic oxidation sites excluding steroid dienone is 2. The lowest BCUT2D eigenvalue weighted by Crippen LogP contribution is -2.43. The lowest BCUT2D eigenvalue weighted by Gasteiger charge is -2.25. The summed E-state index contributed by atoms with van der Waals surface area (Å²) in [7, 11) is 0. The van der Waals surface area contributed by atoms with Crippen molar-refractivity contribution in [2.24, 2.45) is 0 Å². The maximum absolute atomic E-state index is 3.36. The third kappa shape index (κ3) is 8.02. The molecule has 14 heavy (non-hydrogen) atoms. The first-order valence-electron chi connectivity index (χ1n) is 5.50. The molecule has 0 radical (unpaired) electrons. The van der Waals surface area contributed by atoms with Crippen molar-refractivity contribution in [3.8, 4) is 0 Å². The van der Waals surface area contributed by atoms with E-state index in [4.69, 9.17) is 0 Å². The Bertz CT molecular complexity index is 146. The van der Waals surface area contributed by atoms with Crippen molar-refractivity contribution in [1.29, 1.82) is 0 Å². The highest BCUT2D eigenvalue weighted by molar-refractivity contribution is 4.84. The molecule has 1 aliphatic heterocycles. The van der Waals surface area contributed by atoms with Crippen LogP contribution in [0, 0.1) is 0 Å². The van der Waals surface area contributed by atoms with Crippen LogP contribution < -0.4 is 5.32 Å². The molecule has 0 bridgehead atoms. The third-order valence-corrected chi connectivity index (χ3v) is 1.98. The van der Waals surface area contributed by atoms with Crippen LogP contribution in [-0.4, -0.2) is 37.6 Å².